The first-order valence-electron chi connectivity index (χ1n) is 10.3. The molecule has 1 saturated heterocycles. The molecule has 0 saturated carbocycles. The summed E-state index contributed by atoms with van der Waals surface area (Å²) in [4.78, 5) is 32.1. The van der Waals surface area contributed by atoms with Crippen molar-refractivity contribution in [3.05, 3.63) is 53.6 Å². The van der Waals surface area contributed by atoms with E-state index in [0.717, 1.165) is 11.3 Å². The minimum Gasteiger partial charge on any atom is -0.450 e. The maximum absolute atomic E-state index is 14.3. The monoisotopic (exact) mass is 429 g/mol. The zero-order valence-electron chi connectivity index (χ0n) is 18.0. The molecule has 3 rings (SSSR count). The van der Waals surface area contributed by atoms with Gasteiger partial charge in [0.25, 0.3) is 0 Å². The third-order valence-corrected chi connectivity index (χ3v) is 5.22. The summed E-state index contributed by atoms with van der Waals surface area (Å²) in [5.41, 5.74) is 2.51. The van der Waals surface area contributed by atoms with Crippen molar-refractivity contribution in [2.45, 2.75) is 26.8 Å². The van der Waals surface area contributed by atoms with E-state index >= 15 is 0 Å². The Morgan fingerprint density at radius 1 is 1.13 bits per heavy atom. The molecule has 166 valence electrons. The first-order valence-corrected chi connectivity index (χ1v) is 10.3. The Bertz CT molecular complexity index is 914. The van der Waals surface area contributed by atoms with Crippen LogP contribution < -0.4 is 10.6 Å². The summed E-state index contributed by atoms with van der Waals surface area (Å²) in [5.74, 6) is -0.429. The number of nitrogens with zero attached hydrogens (tertiary/aromatic N) is 3. The quantitative estimate of drug-likeness (QED) is 0.750. The summed E-state index contributed by atoms with van der Waals surface area (Å²) in [6, 6.07) is 7.49. The molecule has 1 atom stereocenters. The highest BCUT2D eigenvalue weighted by atomic mass is 19.1. The summed E-state index contributed by atoms with van der Waals surface area (Å²) in [6.45, 7) is 8.38. The van der Waals surface area contributed by atoms with Crippen LogP contribution in [0.1, 0.15) is 31.1 Å². The molecule has 0 bridgehead atoms. The summed E-state index contributed by atoms with van der Waals surface area (Å²) in [5, 5.41) is 5.35. The van der Waals surface area contributed by atoms with Crippen molar-refractivity contribution in [1.82, 2.24) is 14.8 Å². The standard InChI is InChI=1S/C22H28FN5O3/c1-4-31-22(30)28-9-7-27(8-10-28)16(3)17-11-18(23)13-20(12-17)26-21(29)25-19-6-5-15(2)24-14-19/h5-6,11-14,16H,4,7-10H2,1-3H3,(H2,25,26,29)/t16-/m0/s1. The molecule has 3 amide bonds. The van der Waals surface area contributed by atoms with Gasteiger partial charge in [-0.2, -0.15) is 0 Å². The Morgan fingerprint density at radius 2 is 1.84 bits per heavy atom. The van der Waals surface area contributed by atoms with Gasteiger partial charge in [0.15, 0.2) is 0 Å². The van der Waals surface area contributed by atoms with Crippen LogP contribution in [0.2, 0.25) is 0 Å². The smallest absolute Gasteiger partial charge is 0.409 e. The van der Waals surface area contributed by atoms with E-state index in [0.29, 0.717) is 44.2 Å². The summed E-state index contributed by atoms with van der Waals surface area (Å²) >= 11 is 0. The SMILES string of the molecule is CCOC(=O)N1CCN([C@@H](C)c2cc(F)cc(NC(=O)Nc3ccc(C)nc3)c2)CC1. The third-order valence-electron chi connectivity index (χ3n) is 5.22. The van der Waals surface area contributed by atoms with Gasteiger partial charge in [0.2, 0.25) is 0 Å². The molecule has 2 aromatic rings. The van der Waals surface area contributed by atoms with E-state index in [4.69, 9.17) is 4.74 Å². The molecule has 1 aliphatic heterocycles. The van der Waals surface area contributed by atoms with Gasteiger partial charge in [-0.15, -0.1) is 0 Å². The number of nitrogens with one attached hydrogen (secondary N) is 2. The van der Waals surface area contributed by atoms with Crippen molar-refractivity contribution in [1.29, 1.82) is 0 Å². The summed E-state index contributed by atoms with van der Waals surface area (Å²) < 4.78 is 19.3. The van der Waals surface area contributed by atoms with Crippen LogP contribution in [0.3, 0.4) is 0 Å². The second-order valence-electron chi connectivity index (χ2n) is 7.44. The Balaban J connectivity index is 1.61. The van der Waals surface area contributed by atoms with Gasteiger partial charge < -0.3 is 20.3 Å². The highest BCUT2D eigenvalue weighted by molar-refractivity contribution is 5.99. The van der Waals surface area contributed by atoms with E-state index in [-0.39, 0.29) is 12.1 Å². The van der Waals surface area contributed by atoms with Crippen molar-refractivity contribution in [3.63, 3.8) is 0 Å². The lowest BCUT2D eigenvalue weighted by Gasteiger charge is -2.37. The van der Waals surface area contributed by atoms with Crippen LogP contribution in [0.25, 0.3) is 0 Å². The number of amides is 3. The largest absolute Gasteiger partial charge is 0.450 e. The van der Waals surface area contributed by atoms with Crippen molar-refractivity contribution >= 4 is 23.5 Å². The lowest BCUT2D eigenvalue weighted by Crippen LogP contribution is -2.49. The predicted molar refractivity (Wildman–Crippen MR) is 117 cm³/mol. The maximum Gasteiger partial charge on any atom is 0.409 e. The minimum atomic E-state index is -0.474. The Labute approximate surface area is 181 Å². The number of pyridine rings is 1. The molecule has 1 aromatic carbocycles. The van der Waals surface area contributed by atoms with Gasteiger partial charge in [0.1, 0.15) is 5.82 Å². The molecule has 0 unspecified atom stereocenters. The fraction of sp³-hybridized carbons (Fsp3) is 0.409. The molecular weight excluding hydrogens is 401 g/mol. The zero-order valence-corrected chi connectivity index (χ0v) is 18.0. The lowest BCUT2D eigenvalue weighted by molar-refractivity contribution is 0.0686. The van der Waals surface area contributed by atoms with E-state index in [1.165, 1.54) is 12.1 Å². The van der Waals surface area contributed by atoms with Gasteiger partial charge in [0, 0.05) is 43.6 Å². The van der Waals surface area contributed by atoms with Gasteiger partial charge in [-0.3, -0.25) is 9.88 Å². The number of piperazine rings is 1. The van der Waals surface area contributed by atoms with Crippen LogP contribution in [0.15, 0.2) is 36.5 Å². The number of rotatable bonds is 5. The van der Waals surface area contributed by atoms with E-state index < -0.39 is 11.8 Å². The number of hydrogen-bond acceptors (Lipinski definition) is 5. The number of carbonyl (C=O) groups excluding carboxylic acids is 2. The molecule has 2 N–H and O–H groups in total. The van der Waals surface area contributed by atoms with Crippen molar-refractivity contribution < 1.29 is 18.7 Å². The van der Waals surface area contributed by atoms with E-state index in [1.807, 2.05) is 13.8 Å². The number of aromatic nitrogens is 1. The Kier molecular flexibility index (Phi) is 7.41. The average molecular weight is 429 g/mol. The van der Waals surface area contributed by atoms with E-state index in [9.17, 15) is 14.0 Å². The first-order chi connectivity index (χ1) is 14.9. The molecule has 1 aromatic heterocycles. The number of hydrogen-bond donors (Lipinski definition) is 2. The van der Waals surface area contributed by atoms with E-state index in [1.54, 1.807) is 36.2 Å². The number of aryl methyl sites for hydroxylation is 1. The van der Waals surface area contributed by atoms with Gasteiger partial charge in [-0.1, -0.05) is 0 Å². The van der Waals surface area contributed by atoms with Gasteiger partial charge in [0.05, 0.1) is 18.5 Å². The first kappa shape index (κ1) is 22.5. The number of anilines is 2. The van der Waals surface area contributed by atoms with Crippen molar-refractivity contribution in [2.24, 2.45) is 0 Å². The molecule has 0 spiro atoms. The fourth-order valence-electron chi connectivity index (χ4n) is 3.48. The normalized spacial score (nSPS) is 15.3. The van der Waals surface area contributed by atoms with Gasteiger partial charge in [-0.25, -0.2) is 14.0 Å². The lowest BCUT2D eigenvalue weighted by atomic mass is 10.0. The van der Waals surface area contributed by atoms with E-state index in [2.05, 4.69) is 20.5 Å². The number of ether oxygens (including phenoxy) is 1. The molecule has 1 aliphatic rings. The Hall–Kier alpha value is -3.20. The second-order valence-corrected chi connectivity index (χ2v) is 7.44. The number of carbonyl (C=O) groups is 2. The zero-order chi connectivity index (χ0) is 22.4. The number of urea groups is 1. The van der Waals surface area contributed by atoms with Crippen LogP contribution >= 0.6 is 0 Å². The van der Waals surface area contributed by atoms with Crippen molar-refractivity contribution in [3.8, 4) is 0 Å². The fourth-order valence-corrected chi connectivity index (χ4v) is 3.48. The average Bonchev–Trinajstić information content (AvgIpc) is 2.74. The van der Waals surface area contributed by atoms with Crippen LogP contribution in [0, 0.1) is 12.7 Å². The number of benzene rings is 1. The topological polar surface area (TPSA) is 86.8 Å². The van der Waals surface area contributed by atoms with Crippen LogP contribution in [-0.2, 0) is 4.74 Å². The third kappa shape index (κ3) is 6.14. The molecule has 0 radical (unpaired) electrons. The van der Waals surface area contributed by atoms with Crippen LogP contribution in [0.5, 0.6) is 0 Å². The molecule has 0 aliphatic carbocycles. The molecule has 8 nitrogen and oxygen atoms in total. The summed E-state index contributed by atoms with van der Waals surface area (Å²) in [6.07, 6.45) is 1.26. The predicted octanol–water partition coefficient (Wildman–Crippen LogP) is 4.01. The molecule has 9 heteroatoms. The van der Waals surface area contributed by atoms with Crippen LogP contribution in [-0.4, -0.2) is 59.7 Å². The molecule has 31 heavy (non-hydrogen) atoms. The van der Waals surface area contributed by atoms with Gasteiger partial charge in [-0.05, 0) is 56.7 Å². The highest BCUT2D eigenvalue weighted by Gasteiger charge is 2.26. The molecule has 1 fully saturated rings. The van der Waals surface area contributed by atoms with Crippen LogP contribution in [0.4, 0.5) is 25.4 Å². The second kappa shape index (κ2) is 10.2. The van der Waals surface area contributed by atoms with Gasteiger partial charge >= 0.3 is 12.1 Å². The molecular formula is C22H28FN5O3. The maximum atomic E-state index is 14.3. The Morgan fingerprint density at radius 3 is 2.48 bits per heavy atom. The summed E-state index contributed by atoms with van der Waals surface area (Å²) in [7, 11) is 0. The number of halogens is 1. The van der Waals surface area contributed by atoms with Crippen molar-refractivity contribution in [2.75, 3.05) is 43.4 Å². The minimum absolute atomic E-state index is 0.0787. The molecule has 2 heterocycles. The highest BCUT2D eigenvalue weighted by Crippen LogP contribution is 2.26.